The number of halogens is 1. The Kier molecular flexibility index (Phi) is 6.69. The highest BCUT2D eigenvalue weighted by Crippen LogP contribution is 2.14. The summed E-state index contributed by atoms with van der Waals surface area (Å²) in [6.07, 6.45) is 4.26. The van der Waals surface area contributed by atoms with Crippen LogP contribution in [0.3, 0.4) is 0 Å². The molecule has 2 nitrogen and oxygen atoms in total. The molecule has 0 aromatic heterocycles. The lowest BCUT2D eigenvalue weighted by atomic mass is 10.0. The normalized spacial score (nSPS) is 12.7. The van der Waals surface area contributed by atoms with Crippen LogP contribution in [-0.4, -0.2) is 19.8 Å². The molecule has 90 valence electrons. The molecule has 1 aromatic rings. The lowest BCUT2D eigenvalue weighted by molar-refractivity contribution is 0.191. The molecule has 0 saturated heterocycles. The second kappa shape index (κ2) is 7.82. The van der Waals surface area contributed by atoms with E-state index in [1.807, 2.05) is 6.07 Å². The molecular formula is C13H20BrNO. The van der Waals surface area contributed by atoms with Gasteiger partial charge < -0.3 is 10.5 Å². The summed E-state index contributed by atoms with van der Waals surface area (Å²) in [5, 5.41) is 0. The Morgan fingerprint density at radius 1 is 1.38 bits per heavy atom. The molecule has 16 heavy (non-hydrogen) atoms. The summed E-state index contributed by atoms with van der Waals surface area (Å²) in [6.45, 7) is 0.837. The van der Waals surface area contributed by atoms with E-state index in [9.17, 15) is 0 Å². The summed E-state index contributed by atoms with van der Waals surface area (Å²) in [5.74, 6) is 0. The quantitative estimate of drug-likeness (QED) is 0.782. The number of unbranched alkanes of at least 4 members (excludes halogenated alkanes) is 1. The van der Waals surface area contributed by atoms with Crippen molar-refractivity contribution in [2.75, 3.05) is 13.7 Å². The third kappa shape index (κ3) is 5.64. The molecule has 0 bridgehead atoms. The van der Waals surface area contributed by atoms with Crippen molar-refractivity contribution >= 4 is 15.9 Å². The van der Waals surface area contributed by atoms with Gasteiger partial charge in [0.25, 0.3) is 0 Å². The Morgan fingerprint density at radius 2 is 2.19 bits per heavy atom. The van der Waals surface area contributed by atoms with Crippen molar-refractivity contribution in [3.8, 4) is 0 Å². The zero-order chi connectivity index (χ0) is 11.8. The third-order valence-electron chi connectivity index (χ3n) is 2.56. The van der Waals surface area contributed by atoms with Crippen LogP contribution in [0.15, 0.2) is 28.7 Å². The molecule has 0 heterocycles. The Hall–Kier alpha value is -0.380. The Labute approximate surface area is 106 Å². The van der Waals surface area contributed by atoms with Crippen LogP contribution in [0.4, 0.5) is 0 Å². The number of hydrogen-bond acceptors (Lipinski definition) is 2. The second-order valence-electron chi connectivity index (χ2n) is 4.08. The van der Waals surface area contributed by atoms with E-state index in [1.54, 1.807) is 7.11 Å². The van der Waals surface area contributed by atoms with Crippen molar-refractivity contribution in [1.29, 1.82) is 0 Å². The van der Waals surface area contributed by atoms with Crippen LogP contribution in [0, 0.1) is 0 Å². The molecule has 0 amide bonds. The van der Waals surface area contributed by atoms with E-state index in [0.29, 0.717) is 0 Å². The lowest BCUT2D eigenvalue weighted by Gasteiger charge is -2.11. The predicted molar refractivity (Wildman–Crippen MR) is 71.5 cm³/mol. The number of benzene rings is 1. The standard InChI is InChI=1S/C13H20BrNO/c1-16-8-3-2-7-13(15)10-11-5-4-6-12(14)9-11/h4-6,9,13H,2-3,7-8,10,15H2,1H3. The van der Waals surface area contributed by atoms with Gasteiger partial charge in [-0.2, -0.15) is 0 Å². The highest BCUT2D eigenvalue weighted by molar-refractivity contribution is 9.10. The van der Waals surface area contributed by atoms with E-state index in [1.165, 1.54) is 5.56 Å². The van der Waals surface area contributed by atoms with E-state index < -0.39 is 0 Å². The predicted octanol–water partition coefficient (Wildman–Crippen LogP) is 3.14. The van der Waals surface area contributed by atoms with Crippen molar-refractivity contribution in [2.24, 2.45) is 5.73 Å². The molecule has 0 radical (unpaired) electrons. The Bertz CT molecular complexity index is 304. The highest BCUT2D eigenvalue weighted by Gasteiger charge is 2.04. The van der Waals surface area contributed by atoms with Gasteiger partial charge in [-0.3, -0.25) is 0 Å². The van der Waals surface area contributed by atoms with Gasteiger partial charge in [0, 0.05) is 24.2 Å². The second-order valence-corrected chi connectivity index (χ2v) is 5.00. The van der Waals surface area contributed by atoms with Gasteiger partial charge >= 0.3 is 0 Å². The van der Waals surface area contributed by atoms with E-state index in [4.69, 9.17) is 10.5 Å². The van der Waals surface area contributed by atoms with E-state index in [0.717, 1.165) is 36.8 Å². The first-order chi connectivity index (χ1) is 7.72. The molecule has 2 N–H and O–H groups in total. The van der Waals surface area contributed by atoms with Crippen LogP contribution in [0.25, 0.3) is 0 Å². The molecule has 0 aliphatic rings. The van der Waals surface area contributed by atoms with Crippen LogP contribution < -0.4 is 5.73 Å². The van der Waals surface area contributed by atoms with Gasteiger partial charge in [0.1, 0.15) is 0 Å². The van der Waals surface area contributed by atoms with Gasteiger partial charge in [0.2, 0.25) is 0 Å². The molecule has 1 rings (SSSR count). The minimum absolute atomic E-state index is 0.256. The van der Waals surface area contributed by atoms with E-state index in [2.05, 4.69) is 34.1 Å². The van der Waals surface area contributed by atoms with Crippen molar-refractivity contribution in [3.05, 3.63) is 34.3 Å². The lowest BCUT2D eigenvalue weighted by Crippen LogP contribution is -2.22. The maximum Gasteiger partial charge on any atom is 0.0462 e. The van der Waals surface area contributed by atoms with E-state index >= 15 is 0 Å². The monoisotopic (exact) mass is 285 g/mol. The molecule has 0 spiro atoms. The number of hydrogen-bond donors (Lipinski definition) is 1. The zero-order valence-corrected chi connectivity index (χ0v) is 11.4. The summed E-state index contributed by atoms with van der Waals surface area (Å²) in [7, 11) is 1.74. The fourth-order valence-corrected chi connectivity index (χ4v) is 2.17. The van der Waals surface area contributed by atoms with Gasteiger partial charge in [0.05, 0.1) is 0 Å². The Morgan fingerprint density at radius 3 is 2.88 bits per heavy atom. The van der Waals surface area contributed by atoms with Crippen molar-refractivity contribution in [2.45, 2.75) is 31.7 Å². The topological polar surface area (TPSA) is 35.2 Å². The maximum atomic E-state index is 6.08. The summed E-state index contributed by atoms with van der Waals surface area (Å²) < 4.78 is 6.13. The summed E-state index contributed by atoms with van der Waals surface area (Å²) in [5.41, 5.74) is 7.38. The fourth-order valence-electron chi connectivity index (χ4n) is 1.72. The molecule has 0 aliphatic heterocycles. The van der Waals surface area contributed by atoms with Crippen molar-refractivity contribution < 1.29 is 4.74 Å². The van der Waals surface area contributed by atoms with Gasteiger partial charge in [0.15, 0.2) is 0 Å². The van der Waals surface area contributed by atoms with Gasteiger partial charge in [-0.25, -0.2) is 0 Å². The first-order valence-electron chi connectivity index (χ1n) is 5.71. The van der Waals surface area contributed by atoms with Crippen LogP contribution in [0.5, 0.6) is 0 Å². The van der Waals surface area contributed by atoms with Crippen LogP contribution in [-0.2, 0) is 11.2 Å². The van der Waals surface area contributed by atoms with Gasteiger partial charge in [-0.1, -0.05) is 28.1 Å². The average molecular weight is 286 g/mol. The smallest absolute Gasteiger partial charge is 0.0462 e. The molecule has 1 atom stereocenters. The minimum Gasteiger partial charge on any atom is -0.385 e. The first-order valence-corrected chi connectivity index (χ1v) is 6.50. The van der Waals surface area contributed by atoms with Gasteiger partial charge in [-0.15, -0.1) is 0 Å². The first kappa shape index (κ1) is 13.7. The number of rotatable bonds is 7. The molecular weight excluding hydrogens is 266 g/mol. The number of ether oxygens (including phenoxy) is 1. The molecule has 0 saturated carbocycles. The average Bonchev–Trinajstić information content (AvgIpc) is 2.24. The van der Waals surface area contributed by atoms with E-state index in [-0.39, 0.29) is 6.04 Å². The number of methoxy groups -OCH3 is 1. The van der Waals surface area contributed by atoms with Crippen LogP contribution in [0.2, 0.25) is 0 Å². The fraction of sp³-hybridized carbons (Fsp3) is 0.538. The van der Waals surface area contributed by atoms with Crippen molar-refractivity contribution in [1.82, 2.24) is 0 Å². The SMILES string of the molecule is COCCCCC(N)Cc1cccc(Br)c1. The molecule has 3 heteroatoms. The largest absolute Gasteiger partial charge is 0.385 e. The maximum absolute atomic E-state index is 6.08. The summed E-state index contributed by atoms with van der Waals surface area (Å²) in [6, 6.07) is 8.60. The van der Waals surface area contributed by atoms with Crippen LogP contribution >= 0.6 is 15.9 Å². The van der Waals surface area contributed by atoms with Crippen LogP contribution in [0.1, 0.15) is 24.8 Å². The molecule has 1 aromatic carbocycles. The van der Waals surface area contributed by atoms with Crippen molar-refractivity contribution in [3.63, 3.8) is 0 Å². The molecule has 0 aliphatic carbocycles. The number of nitrogens with two attached hydrogens (primary N) is 1. The minimum atomic E-state index is 0.256. The zero-order valence-electron chi connectivity index (χ0n) is 9.79. The summed E-state index contributed by atoms with van der Waals surface area (Å²) >= 11 is 3.47. The Balaban J connectivity index is 2.25. The third-order valence-corrected chi connectivity index (χ3v) is 3.05. The molecule has 0 fully saturated rings. The highest BCUT2D eigenvalue weighted by atomic mass is 79.9. The van der Waals surface area contributed by atoms with Gasteiger partial charge in [-0.05, 0) is 43.4 Å². The summed E-state index contributed by atoms with van der Waals surface area (Å²) in [4.78, 5) is 0. The molecule has 1 unspecified atom stereocenters.